The van der Waals surface area contributed by atoms with Gasteiger partial charge in [-0.3, -0.25) is 14.6 Å². The molecule has 1 heterocycles. The zero-order valence-corrected chi connectivity index (χ0v) is 20.6. The number of halogens is 1. The summed E-state index contributed by atoms with van der Waals surface area (Å²) in [6, 6.07) is 15.9. The third-order valence-electron chi connectivity index (χ3n) is 5.17. The van der Waals surface area contributed by atoms with Gasteiger partial charge in [-0.15, -0.1) is 0 Å². The van der Waals surface area contributed by atoms with Crippen molar-refractivity contribution in [3.63, 3.8) is 0 Å². The van der Waals surface area contributed by atoms with E-state index in [-0.39, 0.29) is 11.8 Å². The van der Waals surface area contributed by atoms with Gasteiger partial charge in [0.25, 0.3) is 11.8 Å². The van der Waals surface area contributed by atoms with Crippen LogP contribution >= 0.6 is 11.6 Å². The highest BCUT2D eigenvalue weighted by Gasteiger charge is 2.14. The maximum Gasteiger partial charge on any atom is 0.252 e. The van der Waals surface area contributed by atoms with Gasteiger partial charge in [0.2, 0.25) is 0 Å². The Morgan fingerprint density at radius 2 is 1.94 bits per heavy atom. The van der Waals surface area contributed by atoms with Gasteiger partial charge in [0.1, 0.15) is 17.3 Å². The van der Waals surface area contributed by atoms with Crippen molar-refractivity contribution in [3.8, 4) is 11.5 Å². The van der Waals surface area contributed by atoms with Crippen molar-refractivity contribution in [1.29, 1.82) is 0 Å². The first-order valence-corrected chi connectivity index (χ1v) is 11.5. The van der Waals surface area contributed by atoms with E-state index in [1.54, 1.807) is 61.9 Å². The highest BCUT2D eigenvalue weighted by Crippen LogP contribution is 2.28. The minimum atomic E-state index is -0.258. The van der Waals surface area contributed by atoms with E-state index in [9.17, 15) is 9.59 Å². The summed E-state index contributed by atoms with van der Waals surface area (Å²) in [5.74, 6) is 0.884. The molecule has 0 unspecified atom stereocenters. The van der Waals surface area contributed by atoms with E-state index < -0.39 is 0 Å². The molecular weight excluding hydrogens is 464 g/mol. The van der Waals surface area contributed by atoms with Crippen LogP contribution in [-0.2, 0) is 11.3 Å². The molecule has 2 aromatic carbocycles. The predicted octanol–water partition coefficient (Wildman–Crippen LogP) is 5.74. The number of nitrogens with zero attached hydrogens (tertiary/aromatic N) is 2. The van der Waals surface area contributed by atoms with Gasteiger partial charge in [0, 0.05) is 53.8 Å². The van der Waals surface area contributed by atoms with Gasteiger partial charge in [-0.2, -0.15) is 0 Å². The smallest absolute Gasteiger partial charge is 0.252 e. The molecular formula is C27H27ClN4O3. The second kappa shape index (κ2) is 12.5. The Labute approximate surface area is 209 Å². The standard InChI is InChI=1S/C27H27ClN4O3/c1-4-20(11-13-29-3)26(33)32-25-16-22(12-14-30-25)35-24-10-6-9-23(18(24)2)27(34)31-17-19-7-5-8-21(28)15-19/h5-16H,4,17H2,1-3H3,(H,31,34)(H,30,32,33)/b20-11+,29-13?. The molecule has 0 aliphatic rings. The van der Waals surface area contributed by atoms with Crippen LogP contribution < -0.4 is 15.4 Å². The second-order valence-corrected chi connectivity index (χ2v) is 8.06. The number of carbonyl (C=O) groups is 2. The van der Waals surface area contributed by atoms with Crippen molar-refractivity contribution in [3.05, 3.63) is 94.2 Å². The van der Waals surface area contributed by atoms with Crippen molar-refractivity contribution in [2.45, 2.75) is 26.8 Å². The van der Waals surface area contributed by atoms with E-state index in [0.29, 0.717) is 52.0 Å². The number of carbonyl (C=O) groups excluding carboxylic acids is 2. The summed E-state index contributed by atoms with van der Waals surface area (Å²) in [4.78, 5) is 33.4. The van der Waals surface area contributed by atoms with E-state index in [1.807, 2.05) is 32.0 Å². The van der Waals surface area contributed by atoms with E-state index >= 15 is 0 Å². The maximum absolute atomic E-state index is 12.8. The van der Waals surface area contributed by atoms with E-state index in [4.69, 9.17) is 16.3 Å². The fraction of sp³-hybridized carbons (Fsp3) is 0.185. The minimum Gasteiger partial charge on any atom is -0.457 e. The lowest BCUT2D eigenvalue weighted by Crippen LogP contribution is -2.23. The first-order valence-electron chi connectivity index (χ1n) is 11.1. The molecule has 0 aliphatic carbocycles. The molecule has 0 atom stereocenters. The van der Waals surface area contributed by atoms with Crippen molar-refractivity contribution in [1.82, 2.24) is 10.3 Å². The number of amides is 2. The molecule has 0 bridgehead atoms. The Morgan fingerprint density at radius 3 is 2.69 bits per heavy atom. The summed E-state index contributed by atoms with van der Waals surface area (Å²) in [6.07, 6.45) is 5.35. The molecule has 2 amide bonds. The van der Waals surface area contributed by atoms with Gasteiger partial charge in [-0.05, 0) is 55.3 Å². The second-order valence-electron chi connectivity index (χ2n) is 7.63. The third-order valence-corrected chi connectivity index (χ3v) is 5.40. The number of hydrogen-bond donors (Lipinski definition) is 2. The largest absolute Gasteiger partial charge is 0.457 e. The highest BCUT2D eigenvalue weighted by atomic mass is 35.5. The lowest BCUT2D eigenvalue weighted by Gasteiger charge is -2.13. The molecule has 7 nitrogen and oxygen atoms in total. The SMILES string of the molecule is CC/C(=C\C=NC)C(=O)Nc1cc(Oc2cccc(C(=O)NCc3cccc(Cl)c3)c2C)ccn1. The molecule has 0 saturated carbocycles. The van der Waals surface area contributed by atoms with Gasteiger partial charge in [-0.1, -0.05) is 36.7 Å². The summed E-state index contributed by atoms with van der Waals surface area (Å²) in [7, 11) is 1.64. The van der Waals surface area contributed by atoms with Crippen LogP contribution in [0.25, 0.3) is 0 Å². The van der Waals surface area contributed by atoms with Gasteiger partial charge in [0.05, 0.1) is 0 Å². The Hall–Kier alpha value is -3.97. The minimum absolute atomic E-state index is 0.217. The van der Waals surface area contributed by atoms with Crippen LogP contribution in [0, 0.1) is 6.92 Å². The first-order chi connectivity index (χ1) is 16.9. The maximum atomic E-state index is 12.8. The first kappa shape index (κ1) is 25.6. The summed E-state index contributed by atoms with van der Waals surface area (Å²) in [5, 5.41) is 6.30. The molecule has 8 heteroatoms. The number of ether oxygens (including phenoxy) is 1. The van der Waals surface area contributed by atoms with Crippen molar-refractivity contribution >= 4 is 35.4 Å². The molecule has 1 aromatic heterocycles. The topological polar surface area (TPSA) is 92.7 Å². The number of nitrogens with one attached hydrogen (secondary N) is 2. The molecule has 0 aliphatic heterocycles. The number of aliphatic imine (C=N–C) groups is 1. The molecule has 0 fully saturated rings. The van der Waals surface area contributed by atoms with E-state index in [1.165, 1.54) is 0 Å². The predicted molar refractivity (Wildman–Crippen MR) is 140 cm³/mol. The Balaban J connectivity index is 1.71. The number of aromatic nitrogens is 1. The van der Waals surface area contributed by atoms with E-state index in [2.05, 4.69) is 20.6 Å². The number of allylic oxidation sites excluding steroid dienone is 1. The fourth-order valence-corrected chi connectivity index (χ4v) is 3.49. The van der Waals surface area contributed by atoms with Crippen molar-refractivity contribution in [2.24, 2.45) is 4.99 Å². The number of anilines is 1. The number of hydrogen-bond acceptors (Lipinski definition) is 5. The average molecular weight is 491 g/mol. The van der Waals surface area contributed by atoms with Crippen molar-refractivity contribution in [2.75, 3.05) is 12.4 Å². The van der Waals surface area contributed by atoms with Crippen LogP contribution in [0.1, 0.15) is 34.8 Å². The summed E-state index contributed by atoms with van der Waals surface area (Å²) < 4.78 is 6.03. The quantitative estimate of drug-likeness (QED) is 0.295. The number of pyridine rings is 1. The molecule has 3 aromatic rings. The van der Waals surface area contributed by atoms with Gasteiger partial charge in [-0.25, -0.2) is 4.98 Å². The Kier molecular flexibility index (Phi) is 9.15. The lowest BCUT2D eigenvalue weighted by atomic mass is 10.1. The lowest BCUT2D eigenvalue weighted by molar-refractivity contribution is -0.113. The summed E-state index contributed by atoms with van der Waals surface area (Å²) in [5.41, 5.74) is 2.68. The summed E-state index contributed by atoms with van der Waals surface area (Å²) >= 11 is 6.02. The molecule has 2 N–H and O–H groups in total. The van der Waals surface area contributed by atoms with Crippen LogP contribution in [0.3, 0.4) is 0 Å². The van der Waals surface area contributed by atoms with Crippen LogP contribution in [0.15, 0.2) is 77.4 Å². The monoisotopic (exact) mass is 490 g/mol. The third kappa shape index (κ3) is 7.25. The number of rotatable bonds is 9. The van der Waals surface area contributed by atoms with E-state index in [0.717, 1.165) is 5.56 Å². The fourth-order valence-electron chi connectivity index (χ4n) is 3.28. The number of benzene rings is 2. The van der Waals surface area contributed by atoms with Crippen LogP contribution in [0.5, 0.6) is 11.5 Å². The molecule has 3 rings (SSSR count). The average Bonchev–Trinajstić information content (AvgIpc) is 2.84. The summed E-state index contributed by atoms with van der Waals surface area (Å²) in [6.45, 7) is 4.07. The highest BCUT2D eigenvalue weighted by molar-refractivity contribution is 6.30. The Bertz CT molecular complexity index is 1270. The molecule has 35 heavy (non-hydrogen) atoms. The van der Waals surface area contributed by atoms with Crippen molar-refractivity contribution < 1.29 is 14.3 Å². The normalized spacial score (nSPS) is 11.4. The molecule has 0 saturated heterocycles. The molecule has 0 radical (unpaired) electrons. The van der Waals surface area contributed by atoms with Gasteiger partial charge < -0.3 is 15.4 Å². The van der Waals surface area contributed by atoms with Gasteiger partial charge >= 0.3 is 0 Å². The zero-order valence-electron chi connectivity index (χ0n) is 19.8. The van der Waals surface area contributed by atoms with Crippen LogP contribution in [0.2, 0.25) is 5.02 Å². The molecule has 0 spiro atoms. The van der Waals surface area contributed by atoms with Crippen LogP contribution in [-0.4, -0.2) is 30.1 Å². The molecule has 180 valence electrons. The Morgan fingerprint density at radius 1 is 1.14 bits per heavy atom. The zero-order chi connectivity index (χ0) is 25.2. The van der Waals surface area contributed by atoms with Gasteiger partial charge in [0.15, 0.2) is 0 Å². The van der Waals surface area contributed by atoms with Crippen LogP contribution in [0.4, 0.5) is 5.82 Å².